The maximum absolute atomic E-state index is 13.1. The van der Waals surface area contributed by atoms with Crippen molar-refractivity contribution in [2.45, 2.75) is 58.1 Å². The Morgan fingerprint density at radius 2 is 1.66 bits per heavy atom. The molecule has 2 aromatic rings. The molecule has 3 rings (SSSR count). The van der Waals surface area contributed by atoms with Gasteiger partial charge in [0, 0.05) is 17.8 Å². The molecule has 16 heteroatoms. The summed E-state index contributed by atoms with van der Waals surface area (Å²) in [6, 6.07) is 2.24. The number of hydrogen-bond donors (Lipinski definition) is 0. The monoisotopic (exact) mass is 572 g/mol. The van der Waals surface area contributed by atoms with Crippen LogP contribution in [0.4, 0.5) is 26.3 Å². The second-order valence-electron chi connectivity index (χ2n) is 8.71. The molecule has 210 valence electrons. The number of benzene rings is 1. The third kappa shape index (κ3) is 5.68. The fourth-order valence-electron chi connectivity index (χ4n) is 3.62. The van der Waals surface area contributed by atoms with Crippen molar-refractivity contribution in [2.24, 2.45) is 0 Å². The Labute approximate surface area is 212 Å². The number of alkyl halides is 6. The minimum absolute atomic E-state index is 0.0247. The lowest BCUT2D eigenvalue weighted by Crippen LogP contribution is -2.52. The van der Waals surface area contributed by atoms with Crippen LogP contribution < -0.4 is 19.4 Å². The Bertz CT molecular complexity index is 1410. The molecule has 0 spiro atoms. The molecule has 0 aliphatic carbocycles. The van der Waals surface area contributed by atoms with Crippen LogP contribution in [0.1, 0.15) is 50.0 Å². The number of ether oxygens (including phenoxy) is 2. The largest absolute Gasteiger partial charge is 0.573 e. The van der Waals surface area contributed by atoms with Crippen LogP contribution in [0.5, 0.6) is 11.5 Å². The van der Waals surface area contributed by atoms with Crippen molar-refractivity contribution in [3.8, 4) is 22.8 Å². The second kappa shape index (κ2) is 9.71. The molecular weight excluding hydrogens is 550 g/mol. The summed E-state index contributed by atoms with van der Waals surface area (Å²) >= 11 is 0. The van der Waals surface area contributed by atoms with Gasteiger partial charge in [-0.1, -0.05) is 6.92 Å². The van der Waals surface area contributed by atoms with E-state index in [2.05, 4.69) is 8.92 Å². The van der Waals surface area contributed by atoms with Crippen molar-refractivity contribution in [2.75, 3.05) is 11.6 Å². The smallest absolute Gasteiger partial charge is 0.462 e. The quantitative estimate of drug-likeness (QED) is 0.207. The standard InChI is InChI=1S/C22H22F6N2O7S/c1-5-20(3,4)30-10-12-7-18(37-38(33,34)22(26,27)28)17(36-21(23,24)25)8-13(12)15-9-16(31)14(11-29(15)30)19(32)35-6-2/h7-9,11H,5-6,10H2,1-4H3. The lowest BCUT2D eigenvalue weighted by Gasteiger charge is -2.45. The summed E-state index contributed by atoms with van der Waals surface area (Å²) in [7, 11) is -6.36. The number of fused-ring (bicyclic) bond motifs is 3. The van der Waals surface area contributed by atoms with Gasteiger partial charge < -0.3 is 18.7 Å². The zero-order valence-corrected chi connectivity index (χ0v) is 21.2. The predicted molar refractivity (Wildman–Crippen MR) is 121 cm³/mol. The van der Waals surface area contributed by atoms with Crippen LogP contribution in [-0.2, 0) is 21.4 Å². The third-order valence-electron chi connectivity index (χ3n) is 5.83. The van der Waals surface area contributed by atoms with E-state index in [1.165, 1.54) is 11.6 Å². The topological polar surface area (TPSA) is 104 Å². The second-order valence-corrected chi connectivity index (χ2v) is 10.3. The van der Waals surface area contributed by atoms with Crippen LogP contribution >= 0.6 is 0 Å². The summed E-state index contributed by atoms with van der Waals surface area (Å²) in [5.41, 5.74) is -7.99. The summed E-state index contributed by atoms with van der Waals surface area (Å²) in [5.74, 6) is -3.68. The van der Waals surface area contributed by atoms with E-state index < -0.39 is 50.4 Å². The van der Waals surface area contributed by atoms with E-state index in [0.29, 0.717) is 18.6 Å². The van der Waals surface area contributed by atoms with Crippen molar-refractivity contribution in [1.82, 2.24) is 4.68 Å². The SMILES string of the molecule is CCOC(=O)c1cn2c(cc1=O)-c1cc(OC(F)(F)F)c(OS(=O)(=O)C(F)(F)F)cc1CN2C(C)(C)CC. The van der Waals surface area contributed by atoms with Crippen molar-refractivity contribution < 1.29 is 53.2 Å². The predicted octanol–water partition coefficient (Wildman–Crippen LogP) is 4.46. The molecule has 38 heavy (non-hydrogen) atoms. The summed E-state index contributed by atoms with van der Waals surface area (Å²) in [4.78, 5) is 25.1. The first-order chi connectivity index (χ1) is 17.3. The summed E-state index contributed by atoms with van der Waals surface area (Å²) < 4.78 is 115. The zero-order chi connectivity index (χ0) is 28.8. The lowest BCUT2D eigenvalue weighted by atomic mass is 9.95. The molecule has 9 nitrogen and oxygen atoms in total. The van der Waals surface area contributed by atoms with Gasteiger partial charge >= 0.3 is 28.0 Å². The van der Waals surface area contributed by atoms with Gasteiger partial charge in [-0.05, 0) is 44.9 Å². The van der Waals surface area contributed by atoms with E-state index in [4.69, 9.17) is 4.74 Å². The van der Waals surface area contributed by atoms with Crippen molar-refractivity contribution in [3.63, 3.8) is 0 Å². The summed E-state index contributed by atoms with van der Waals surface area (Å²) in [6.07, 6.45) is -3.82. The molecule has 0 amide bonds. The van der Waals surface area contributed by atoms with Crippen molar-refractivity contribution >= 4 is 16.1 Å². The summed E-state index contributed by atoms with van der Waals surface area (Å²) in [5, 5.41) is 1.60. The third-order valence-corrected chi connectivity index (χ3v) is 6.79. The van der Waals surface area contributed by atoms with Gasteiger partial charge in [0.15, 0.2) is 16.9 Å². The first-order valence-electron chi connectivity index (χ1n) is 11.0. The van der Waals surface area contributed by atoms with E-state index >= 15 is 0 Å². The minimum Gasteiger partial charge on any atom is -0.462 e. The lowest BCUT2D eigenvalue weighted by molar-refractivity contribution is -0.274. The van der Waals surface area contributed by atoms with Gasteiger partial charge in [-0.25, -0.2) is 4.79 Å². The van der Waals surface area contributed by atoms with Gasteiger partial charge in [0.2, 0.25) is 0 Å². The van der Waals surface area contributed by atoms with Crippen LogP contribution in [0.15, 0.2) is 29.2 Å². The molecule has 0 saturated carbocycles. The molecule has 0 radical (unpaired) electrons. The van der Waals surface area contributed by atoms with Gasteiger partial charge in [-0.3, -0.25) is 9.47 Å². The Morgan fingerprint density at radius 3 is 2.18 bits per heavy atom. The number of pyridine rings is 1. The van der Waals surface area contributed by atoms with E-state index in [9.17, 15) is 44.3 Å². The molecule has 0 saturated heterocycles. The molecule has 0 atom stereocenters. The van der Waals surface area contributed by atoms with E-state index in [1.807, 2.05) is 0 Å². The number of esters is 1. The number of hydrogen-bond acceptors (Lipinski definition) is 8. The molecular formula is C22H22F6N2O7S. The van der Waals surface area contributed by atoms with Gasteiger partial charge in [-0.15, -0.1) is 13.2 Å². The number of halogens is 6. The molecule has 0 fully saturated rings. The average Bonchev–Trinajstić information content (AvgIpc) is 2.77. The Balaban J connectivity index is 2.33. The Hall–Kier alpha value is -3.43. The van der Waals surface area contributed by atoms with Crippen molar-refractivity contribution in [3.05, 3.63) is 45.7 Å². The molecule has 0 unspecified atom stereocenters. The number of nitrogens with zero attached hydrogens (tertiary/aromatic N) is 2. The highest BCUT2D eigenvalue weighted by molar-refractivity contribution is 7.88. The van der Waals surface area contributed by atoms with Crippen LogP contribution in [0.2, 0.25) is 0 Å². The van der Waals surface area contributed by atoms with Crippen LogP contribution in [0.25, 0.3) is 11.3 Å². The highest BCUT2D eigenvalue weighted by Gasteiger charge is 2.49. The number of carbonyl (C=O) groups excluding carboxylic acids is 1. The zero-order valence-electron chi connectivity index (χ0n) is 20.4. The van der Waals surface area contributed by atoms with E-state index in [0.717, 1.165) is 12.3 Å². The number of rotatable bonds is 7. The first-order valence-corrected chi connectivity index (χ1v) is 12.4. The highest BCUT2D eigenvalue weighted by atomic mass is 32.2. The highest BCUT2D eigenvalue weighted by Crippen LogP contribution is 2.43. The Kier molecular flexibility index (Phi) is 7.44. The Morgan fingerprint density at radius 1 is 1.03 bits per heavy atom. The normalized spacial score (nSPS) is 14.0. The molecule has 1 aliphatic heterocycles. The fraction of sp³-hybridized carbons (Fsp3) is 0.455. The van der Waals surface area contributed by atoms with Gasteiger partial charge in [0.25, 0.3) is 0 Å². The first kappa shape index (κ1) is 29.1. The molecule has 0 bridgehead atoms. The number of aromatic nitrogens is 1. The van der Waals surface area contributed by atoms with Crippen LogP contribution in [0, 0.1) is 0 Å². The minimum atomic E-state index is -6.36. The van der Waals surface area contributed by atoms with Crippen molar-refractivity contribution in [1.29, 1.82) is 0 Å². The van der Waals surface area contributed by atoms with E-state index in [1.54, 1.807) is 25.8 Å². The molecule has 1 aromatic heterocycles. The molecule has 2 heterocycles. The van der Waals surface area contributed by atoms with Gasteiger partial charge in [-0.2, -0.15) is 21.6 Å². The summed E-state index contributed by atoms with van der Waals surface area (Å²) in [6.45, 7) is 6.62. The number of carbonyl (C=O) groups is 1. The average molecular weight is 572 g/mol. The fourth-order valence-corrected chi connectivity index (χ4v) is 4.08. The van der Waals surface area contributed by atoms with Gasteiger partial charge in [0.1, 0.15) is 5.56 Å². The molecule has 1 aliphatic rings. The maximum Gasteiger partial charge on any atom is 0.573 e. The van der Waals surface area contributed by atoms with Crippen LogP contribution in [-0.4, -0.2) is 43.1 Å². The van der Waals surface area contributed by atoms with E-state index in [-0.39, 0.29) is 35.5 Å². The molecule has 1 aromatic carbocycles. The van der Waals surface area contributed by atoms with Gasteiger partial charge in [0.05, 0.1) is 24.4 Å². The molecule has 0 N–H and O–H groups in total. The maximum atomic E-state index is 13.1. The van der Waals surface area contributed by atoms with Crippen LogP contribution in [0.3, 0.4) is 0 Å².